The Labute approximate surface area is 121 Å². The Bertz CT molecular complexity index is 722. The van der Waals surface area contributed by atoms with Crippen molar-refractivity contribution in [3.63, 3.8) is 0 Å². The zero-order chi connectivity index (χ0) is 15.4. The minimum absolute atomic E-state index is 0.0720. The molecule has 0 fully saturated rings. The molecule has 0 N–H and O–H groups in total. The molecule has 0 saturated carbocycles. The predicted molar refractivity (Wildman–Crippen MR) is 75.1 cm³/mol. The molecule has 0 heterocycles. The number of likely N-dealkylation sites (N-methyl/N-ethyl adjacent to an activating group) is 1. The van der Waals surface area contributed by atoms with E-state index in [-0.39, 0.29) is 12.1 Å². The quantitative estimate of drug-likeness (QED) is 0.811. The van der Waals surface area contributed by atoms with E-state index >= 15 is 0 Å². The van der Waals surface area contributed by atoms with Crippen molar-refractivity contribution in [3.8, 4) is 6.07 Å². The summed E-state index contributed by atoms with van der Waals surface area (Å²) < 4.78 is 26.4. The van der Waals surface area contributed by atoms with Crippen LogP contribution in [-0.2, 0) is 0 Å². The van der Waals surface area contributed by atoms with Crippen molar-refractivity contribution in [2.45, 2.75) is 0 Å². The standard InChI is InChI=1S/C16H12F2N2O/c1-20(13-4-2-3-11(7-13)9-19)10-16(21)14-6-5-12(17)8-15(14)18/h2-8H,10H2,1H3. The van der Waals surface area contributed by atoms with Gasteiger partial charge in [-0.15, -0.1) is 0 Å². The van der Waals surface area contributed by atoms with Gasteiger partial charge in [0.1, 0.15) is 11.6 Å². The van der Waals surface area contributed by atoms with Gasteiger partial charge in [0.25, 0.3) is 0 Å². The van der Waals surface area contributed by atoms with Gasteiger partial charge < -0.3 is 4.90 Å². The molecule has 0 aliphatic heterocycles. The van der Waals surface area contributed by atoms with Crippen LogP contribution in [0.1, 0.15) is 15.9 Å². The lowest BCUT2D eigenvalue weighted by Gasteiger charge is -2.18. The van der Waals surface area contributed by atoms with Crippen LogP contribution in [0.15, 0.2) is 42.5 Å². The van der Waals surface area contributed by atoms with Crippen molar-refractivity contribution in [3.05, 3.63) is 65.2 Å². The first-order chi connectivity index (χ1) is 10.0. The Hall–Kier alpha value is -2.74. The van der Waals surface area contributed by atoms with Crippen LogP contribution in [0.25, 0.3) is 0 Å². The van der Waals surface area contributed by atoms with E-state index in [0.717, 1.165) is 12.1 Å². The summed E-state index contributed by atoms with van der Waals surface area (Å²) in [6.07, 6.45) is 0. The smallest absolute Gasteiger partial charge is 0.185 e. The summed E-state index contributed by atoms with van der Waals surface area (Å²) in [4.78, 5) is 13.6. The third-order valence-electron chi connectivity index (χ3n) is 3.03. The lowest BCUT2D eigenvalue weighted by atomic mass is 10.1. The minimum atomic E-state index is -0.876. The van der Waals surface area contributed by atoms with Crippen molar-refractivity contribution >= 4 is 11.5 Å². The first kappa shape index (κ1) is 14.7. The van der Waals surface area contributed by atoms with E-state index in [1.165, 1.54) is 0 Å². The highest BCUT2D eigenvalue weighted by molar-refractivity contribution is 5.99. The van der Waals surface area contributed by atoms with Crippen LogP contribution in [0.2, 0.25) is 0 Å². The van der Waals surface area contributed by atoms with Crippen LogP contribution in [0.3, 0.4) is 0 Å². The molecule has 0 bridgehead atoms. The van der Waals surface area contributed by atoms with Gasteiger partial charge in [-0.1, -0.05) is 6.07 Å². The molecule has 0 aliphatic rings. The number of ketones is 1. The minimum Gasteiger partial charge on any atom is -0.367 e. The lowest BCUT2D eigenvalue weighted by molar-refractivity contribution is 0.0996. The Morgan fingerprint density at radius 1 is 1.24 bits per heavy atom. The summed E-state index contributed by atoms with van der Waals surface area (Å²) in [6, 6.07) is 11.6. The van der Waals surface area contributed by atoms with E-state index in [4.69, 9.17) is 5.26 Å². The number of nitriles is 1. The molecular weight excluding hydrogens is 274 g/mol. The second kappa shape index (κ2) is 6.14. The summed E-state index contributed by atoms with van der Waals surface area (Å²) in [5, 5.41) is 8.85. The third kappa shape index (κ3) is 3.42. The van der Waals surface area contributed by atoms with Crippen LogP contribution < -0.4 is 4.90 Å². The van der Waals surface area contributed by atoms with Gasteiger partial charge >= 0.3 is 0 Å². The highest BCUT2D eigenvalue weighted by Gasteiger charge is 2.15. The molecule has 0 radical (unpaired) electrons. The first-order valence-electron chi connectivity index (χ1n) is 6.21. The molecule has 0 atom stereocenters. The molecular formula is C16H12F2N2O. The zero-order valence-corrected chi connectivity index (χ0v) is 11.3. The van der Waals surface area contributed by atoms with Gasteiger partial charge in [-0.3, -0.25) is 4.79 Å². The molecule has 0 aliphatic carbocycles. The number of hydrogen-bond donors (Lipinski definition) is 0. The highest BCUT2D eigenvalue weighted by Crippen LogP contribution is 2.16. The molecule has 0 unspecified atom stereocenters. The van der Waals surface area contributed by atoms with Crippen molar-refractivity contribution in [1.82, 2.24) is 0 Å². The summed E-state index contributed by atoms with van der Waals surface area (Å²) in [7, 11) is 1.66. The van der Waals surface area contributed by atoms with E-state index in [2.05, 4.69) is 0 Å². The molecule has 0 spiro atoms. The van der Waals surface area contributed by atoms with Gasteiger partial charge in [-0.25, -0.2) is 8.78 Å². The fraction of sp³-hybridized carbons (Fsp3) is 0.125. The number of hydrogen-bond acceptors (Lipinski definition) is 3. The zero-order valence-electron chi connectivity index (χ0n) is 11.3. The molecule has 2 aromatic rings. The largest absolute Gasteiger partial charge is 0.367 e. The van der Waals surface area contributed by atoms with Crippen LogP contribution >= 0.6 is 0 Å². The van der Waals surface area contributed by atoms with Gasteiger partial charge in [0.2, 0.25) is 0 Å². The van der Waals surface area contributed by atoms with E-state index < -0.39 is 17.4 Å². The van der Waals surface area contributed by atoms with E-state index in [1.54, 1.807) is 36.2 Å². The summed E-state index contributed by atoms with van der Waals surface area (Å²) in [5.41, 5.74) is 0.990. The molecule has 0 saturated heterocycles. The predicted octanol–water partition coefficient (Wildman–Crippen LogP) is 3.16. The summed E-state index contributed by atoms with van der Waals surface area (Å²) in [6.45, 7) is -0.0720. The SMILES string of the molecule is CN(CC(=O)c1ccc(F)cc1F)c1cccc(C#N)c1. The maximum absolute atomic E-state index is 13.6. The first-order valence-corrected chi connectivity index (χ1v) is 6.21. The number of anilines is 1. The van der Waals surface area contributed by atoms with Crippen LogP contribution in [0.4, 0.5) is 14.5 Å². The Balaban J connectivity index is 2.17. The molecule has 2 aromatic carbocycles. The number of nitrogens with zero attached hydrogens (tertiary/aromatic N) is 2. The number of Topliss-reactive ketones (excluding diaryl/α,β-unsaturated/α-hetero) is 1. The van der Waals surface area contributed by atoms with Gasteiger partial charge in [0.15, 0.2) is 5.78 Å². The van der Waals surface area contributed by atoms with Crippen molar-refractivity contribution in [2.24, 2.45) is 0 Å². The molecule has 5 heteroatoms. The topological polar surface area (TPSA) is 44.1 Å². The molecule has 21 heavy (non-hydrogen) atoms. The lowest BCUT2D eigenvalue weighted by Crippen LogP contribution is -2.26. The molecule has 0 amide bonds. The van der Waals surface area contributed by atoms with E-state index in [0.29, 0.717) is 17.3 Å². The fourth-order valence-electron chi connectivity index (χ4n) is 1.92. The normalized spacial score (nSPS) is 10.0. The van der Waals surface area contributed by atoms with Gasteiger partial charge in [0.05, 0.1) is 23.7 Å². The van der Waals surface area contributed by atoms with E-state index in [1.807, 2.05) is 6.07 Å². The second-order valence-electron chi connectivity index (χ2n) is 4.57. The van der Waals surface area contributed by atoms with Gasteiger partial charge in [-0.05, 0) is 30.3 Å². The number of halogens is 2. The number of carbonyl (C=O) groups is 1. The van der Waals surface area contributed by atoms with Crippen LogP contribution in [0.5, 0.6) is 0 Å². The maximum Gasteiger partial charge on any atom is 0.185 e. The number of rotatable bonds is 4. The van der Waals surface area contributed by atoms with Crippen molar-refractivity contribution in [1.29, 1.82) is 5.26 Å². The maximum atomic E-state index is 13.6. The molecule has 106 valence electrons. The number of benzene rings is 2. The third-order valence-corrected chi connectivity index (χ3v) is 3.03. The Morgan fingerprint density at radius 3 is 2.67 bits per heavy atom. The Kier molecular flexibility index (Phi) is 4.29. The molecule has 0 aromatic heterocycles. The number of carbonyl (C=O) groups excluding carboxylic acids is 1. The second-order valence-corrected chi connectivity index (χ2v) is 4.57. The van der Waals surface area contributed by atoms with Gasteiger partial charge in [-0.2, -0.15) is 5.26 Å². The molecule has 3 nitrogen and oxygen atoms in total. The van der Waals surface area contributed by atoms with E-state index in [9.17, 15) is 13.6 Å². The average molecular weight is 286 g/mol. The summed E-state index contributed by atoms with van der Waals surface area (Å²) >= 11 is 0. The van der Waals surface area contributed by atoms with Crippen molar-refractivity contribution < 1.29 is 13.6 Å². The summed E-state index contributed by atoms with van der Waals surface area (Å²) in [5.74, 6) is -2.06. The van der Waals surface area contributed by atoms with Crippen molar-refractivity contribution in [2.75, 3.05) is 18.5 Å². The van der Waals surface area contributed by atoms with Crippen LogP contribution in [-0.4, -0.2) is 19.4 Å². The Morgan fingerprint density at radius 2 is 2.00 bits per heavy atom. The van der Waals surface area contributed by atoms with Crippen LogP contribution in [0, 0.1) is 23.0 Å². The highest BCUT2D eigenvalue weighted by atomic mass is 19.1. The molecule has 2 rings (SSSR count). The average Bonchev–Trinajstić information content (AvgIpc) is 2.47. The fourth-order valence-corrected chi connectivity index (χ4v) is 1.92. The van der Waals surface area contributed by atoms with Gasteiger partial charge in [0, 0.05) is 18.8 Å². The monoisotopic (exact) mass is 286 g/mol.